The molecule has 0 radical (unpaired) electrons. The van der Waals surface area contributed by atoms with E-state index in [0.29, 0.717) is 19.6 Å². The number of alkyl halides is 3. The highest BCUT2D eigenvalue weighted by molar-refractivity contribution is 5.22. The molecule has 0 unspecified atom stereocenters. The van der Waals surface area contributed by atoms with Crippen molar-refractivity contribution in [2.75, 3.05) is 13.1 Å². The summed E-state index contributed by atoms with van der Waals surface area (Å²) in [7, 11) is 0. The monoisotopic (exact) mass is 246 g/mol. The third-order valence-corrected chi connectivity index (χ3v) is 2.51. The van der Waals surface area contributed by atoms with Crippen LogP contribution in [0.5, 0.6) is 0 Å². The van der Waals surface area contributed by atoms with Crippen molar-refractivity contribution in [2.24, 2.45) is 5.73 Å². The summed E-state index contributed by atoms with van der Waals surface area (Å²) in [5, 5.41) is 0. The SMILES string of the molecule is CCN(Cc1ccc(CN)cc1)CC(F)(F)F. The number of halogens is 3. The van der Waals surface area contributed by atoms with Crippen molar-refractivity contribution in [1.29, 1.82) is 0 Å². The van der Waals surface area contributed by atoms with E-state index in [9.17, 15) is 13.2 Å². The summed E-state index contributed by atoms with van der Waals surface area (Å²) < 4.78 is 36.8. The molecule has 0 saturated carbocycles. The van der Waals surface area contributed by atoms with Crippen LogP contribution in [0, 0.1) is 0 Å². The number of benzene rings is 1. The van der Waals surface area contributed by atoms with Gasteiger partial charge in [0.15, 0.2) is 0 Å². The molecule has 0 atom stereocenters. The second-order valence-corrected chi connectivity index (χ2v) is 3.94. The molecular formula is C12H17F3N2. The Kier molecular flexibility index (Phi) is 4.96. The van der Waals surface area contributed by atoms with Crippen molar-refractivity contribution in [3.63, 3.8) is 0 Å². The first kappa shape index (κ1) is 14.0. The van der Waals surface area contributed by atoms with E-state index in [1.807, 2.05) is 24.3 Å². The molecule has 2 N–H and O–H groups in total. The van der Waals surface area contributed by atoms with Crippen molar-refractivity contribution in [3.8, 4) is 0 Å². The largest absolute Gasteiger partial charge is 0.401 e. The van der Waals surface area contributed by atoms with Crippen molar-refractivity contribution in [3.05, 3.63) is 35.4 Å². The Hall–Kier alpha value is -1.07. The molecule has 0 bridgehead atoms. The van der Waals surface area contributed by atoms with E-state index in [2.05, 4.69) is 0 Å². The van der Waals surface area contributed by atoms with Crippen LogP contribution in [-0.2, 0) is 13.1 Å². The van der Waals surface area contributed by atoms with Crippen LogP contribution in [0.15, 0.2) is 24.3 Å². The Morgan fingerprint density at radius 1 is 1.12 bits per heavy atom. The van der Waals surface area contributed by atoms with Gasteiger partial charge in [-0.1, -0.05) is 31.2 Å². The summed E-state index contributed by atoms with van der Waals surface area (Å²) in [4.78, 5) is 1.36. The second-order valence-electron chi connectivity index (χ2n) is 3.94. The van der Waals surface area contributed by atoms with Gasteiger partial charge in [-0.15, -0.1) is 0 Å². The summed E-state index contributed by atoms with van der Waals surface area (Å²) in [6.45, 7) is 1.97. The highest BCUT2D eigenvalue weighted by atomic mass is 19.4. The van der Waals surface area contributed by atoms with Gasteiger partial charge in [0.2, 0.25) is 0 Å². The summed E-state index contributed by atoms with van der Waals surface area (Å²) in [6, 6.07) is 7.33. The van der Waals surface area contributed by atoms with E-state index < -0.39 is 12.7 Å². The lowest BCUT2D eigenvalue weighted by Gasteiger charge is -2.21. The van der Waals surface area contributed by atoms with Crippen LogP contribution in [0.1, 0.15) is 18.1 Å². The number of rotatable bonds is 5. The Morgan fingerprint density at radius 3 is 2.06 bits per heavy atom. The molecular weight excluding hydrogens is 229 g/mol. The Morgan fingerprint density at radius 2 is 1.65 bits per heavy atom. The van der Waals surface area contributed by atoms with Crippen LogP contribution in [0.4, 0.5) is 13.2 Å². The zero-order chi connectivity index (χ0) is 12.9. The fourth-order valence-electron chi connectivity index (χ4n) is 1.57. The maximum Gasteiger partial charge on any atom is 0.401 e. The standard InChI is InChI=1S/C12H17F3N2/c1-2-17(9-12(13,14)15)8-11-5-3-10(7-16)4-6-11/h3-6H,2,7-9,16H2,1H3. The van der Waals surface area contributed by atoms with E-state index in [4.69, 9.17) is 5.73 Å². The third-order valence-electron chi connectivity index (χ3n) is 2.51. The molecule has 0 aliphatic carbocycles. The predicted molar refractivity (Wildman–Crippen MR) is 61.3 cm³/mol. The Balaban J connectivity index is 2.61. The quantitative estimate of drug-likeness (QED) is 0.865. The summed E-state index contributed by atoms with van der Waals surface area (Å²) >= 11 is 0. The fourth-order valence-corrected chi connectivity index (χ4v) is 1.57. The summed E-state index contributed by atoms with van der Waals surface area (Å²) in [6.07, 6.45) is -4.15. The van der Waals surface area contributed by atoms with Gasteiger partial charge in [-0.25, -0.2) is 0 Å². The van der Waals surface area contributed by atoms with Crippen LogP contribution in [0.25, 0.3) is 0 Å². The first-order valence-electron chi connectivity index (χ1n) is 5.51. The molecule has 0 saturated heterocycles. The third kappa shape index (κ3) is 5.19. The number of nitrogens with two attached hydrogens (primary N) is 1. The highest BCUT2D eigenvalue weighted by Gasteiger charge is 2.29. The second kappa shape index (κ2) is 6.02. The van der Waals surface area contributed by atoms with Gasteiger partial charge in [-0.2, -0.15) is 13.2 Å². The molecule has 0 aliphatic heterocycles. The topological polar surface area (TPSA) is 29.3 Å². The van der Waals surface area contributed by atoms with Gasteiger partial charge in [0.05, 0.1) is 6.54 Å². The van der Waals surface area contributed by atoms with Crippen molar-refractivity contribution < 1.29 is 13.2 Å². The minimum absolute atomic E-state index is 0.306. The maximum absolute atomic E-state index is 12.3. The van der Waals surface area contributed by atoms with Gasteiger partial charge in [-0.3, -0.25) is 4.90 Å². The molecule has 0 amide bonds. The molecule has 1 aromatic rings. The zero-order valence-electron chi connectivity index (χ0n) is 9.80. The minimum Gasteiger partial charge on any atom is -0.326 e. The fraction of sp³-hybridized carbons (Fsp3) is 0.500. The maximum atomic E-state index is 12.3. The van der Waals surface area contributed by atoms with Gasteiger partial charge < -0.3 is 5.73 Å². The lowest BCUT2D eigenvalue weighted by Crippen LogP contribution is -2.33. The van der Waals surface area contributed by atoms with Crippen LogP contribution in [0.3, 0.4) is 0 Å². The first-order valence-corrected chi connectivity index (χ1v) is 5.51. The zero-order valence-corrected chi connectivity index (χ0v) is 9.80. The molecule has 96 valence electrons. The molecule has 0 aromatic heterocycles. The normalized spacial score (nSPS) is 12.1. The van der Waals surface area contributed by atoms with E-state index in [1.165, 1.54) is 4.90 Å². The van der Waals surface area contributed by atoms with Gasteiger partial charge in [0.25, 0.3) is 0 Å². The molecule has 5 heteroatoms. The van der Waals surface area contributed by atoms with Crippen LogP contribution >= 0.6 is 0 Å². The molecule has 0 spiro atoms. The average Bonchev–Trinajstić information content (AvgIpc) is 2.27. The number of nitrogens with zero attached hydrogens (tertiary/aromatic N) is 1. The van der Waals surface area contributed by atoms with Gasteiger partial charge in [-0.05, 0) is 17.7 Å². The Labute approximate surface area is 99.2 Å². The van der Waals surface area contributed by atoms with Crippen LogP contribution in [0.2, 0.25) is 0 Å². The first-order chi connectivity index (χ1) is 7.94. The lowest BCUT2D eigenvalue weighted by molar-refractivity contribution is -0.146. The molecule has 1 rings (SSSR count). The summed E-state index contributed by atoms with van der Waals surface area (Å²) in [5.41, 5.74) is 7.30. The molecule has 2 nitrogen and oxygen atoms in total. The smallest absolute Gasteiger partial charge is 0.326 e. The number of hydrogen-bond donors (Lipinski definition) is 1. The van der Waals surface area contributed by atoms with Crippen LogP contribution < -0.4 is 5.73 Å². The Bertz CT molecular complexity index is 333. The number of hydrogen-bond acceptors (Lipinski definition) is 2. The molecule has 0 fully saturated rings. The van der Waals surface area contributed by atoms with E-state index in [1.54, 1.807) is 6.92 Å². The summed E-state index contributed by atoms with van der Waals surface area (Å²) in [5.74, 6) is 0. The van der Waals surface area contributed by atoms with Gasteiger partial charge in [0.1, 0.15) is 0 Å². The predicted octanol–water partition coefficient (Wildman–Crippen LogP) is 2.53. The van der Waals surface area contributed by atoms with E-state index in [0.717, 1.165) is 11.1 Å². The van der Waals surface area contributed by atoms with Crippen molar-refractivity contribution in [1.82, 2.24) is 4.90 Å². The molecule has 0 aliphatic rings. The molecule has 1 aromatic carbocycles. The van der Waals surface area contributed by atoms with Gasteiger partial charge in [0, 0.05) is 13.1 Å². The van der Waals surface area contributed by atoms with E-state index in [-0.39, 0.29) is 0 Å². The highest BCUT2D eigenvalue weighted by Crippen LogP contribution is 2.18. The van der Waals surface area contributed by atoms with Crippen molar-refractivity contribution >= 4 is 0 Å². The van der Waals surface area contributed by atoms with Crippen molar-refractivity contribution in [2.45, 2.75) is 26.2 Å². The lowest BCUT2D eigenvalue weighted by atomic mass is 10.1. The minimum atomic E-state index is -4.15. The molecule has 0 heterocycles. The van der Waals surface area contributed by atoms with Crippen LogP contribution in [-0.4, -0.2) is 24.2 Å². The average molecular weight is 246 g/mol. The van der Waals surface area contributed by atoms with Gasteiger partial charge >= 0.3 is 6.18 Å². The molecule has 17 heavy (non-hydrogen) atoms. The van der Waals surface area contributed by atoms with E-state index >= 15 is 0 Å².